The molecule has 0 fully saturated rings. The molecule has 4 nitrogen and oxygen atoms in total. The predicted molar refractivity (Wildman–Crippen MR) is 72.7 cm³/mol. The van der Waals surface area contributed by atoms with Gasteiger partial charge in [0.25, 0.3) is 5.56 Å². The number of carbonyl (C=O) groups is 1. The Kier molecular flexibility index (Phi) is 3.51. The molecule has 0 aliphatic carbocycles. The van der Waals surface area contributed by atoms with Crippen LogP contribution in [-0.2, 0) is 6.54 Å². The predicted octanol–water partition coefficient (Wildman–Crippen LogP) is 2.21. The summed E-state index contributed by atoms with van der Waals surface area (Å²) in [6, 6.07) is 10.2. The molecule has 0 amide bonds. The van der Waals surface area contributed by atoms with Crippen molar-refractivity contribution in [2.45, 2.75) is 20.4 Å². The van der Waals surface area contributed by atoms with E-state index >= 15 is 0 Å². The fourth-order valence-electron chi connectivity index (χ4n) is 2.21. The Morgan fingerprint density at radius 3 is 2.37 bits per heavy atom. The van der Waals surface area contributed by atoms with E-state index < -0.39 is 5.97 Å². The Bertz CT molecular complexity index is 666. The molecule has 0 atom stereocenters. The molecule has 0 bridgehead atoms. The Morgan fingerprint density at radius 1 is 1.16 bits per heavy atom. The third-order valence-electron chi connectivity index (χ3n) is 2.89. The van der Waals surface area contributed by atoms with Crippen molar-refractivity contribution in [1.82, 2.24) is 4.57 Å². The number of aromatic nitrogens is 1. The maximum atomic E-state index is 11.8. The van der Waals surface area contributed by atoms with E-state index in [1.165, 1.54) is 22.8 Å². The molecule has 19 heavy (non-hydrogen) atoms. The molecule has 4 heteroatoms. The van der Waals surface area contributed by atoms with Gasteiger partial charge in [-0.05, 0) is 25.5 Å². The second kappa shape index (κ2) is 5.10. The molecule has 1 aromatic carbocycles. The second-order valence-corrected chi connectivity index (χ2v) is 4.64. The molecule has 0 aliphatic rings. The zero-order valence-electron chi connectivity index (χ0n) is 10.9. The van der Waals surface area contributed by atoms with Gasteiger partial charge in [-0.1, -0.05) is 35.4 Å². The van der Waals surface area contributed by atoms with E-state index in [1.54, 1.807) is 0 Å². The van der Waals surface area contributed by atoms with E-state index in [9.17, 15) is 9.59 Å². The summed E-state index contributed by atoms with van der Waals surface area (Å²) in [5.41, 5.74) is 2.81. The topological polar surface area (TPSA) is 59.3 Å². The van der Waals surface area contributed by atoms with Crippen LogP contribution in [0.25, 0.3) is 0 Å². The first-order valence-electron chi connectivity index (χ1n) is 5.97. The van der Waals surface area contributed by atoms with Gasteiger partial charge in [-0.15, -0.1) is 0 Å². The summed E-state index contributed by atoms with van der Waals surface area (Å²) in [4.78, 5) is 23.0. The van der Waals surface area contributed by atoms with E-state index in [0.29, 0.717) is 0 Å². The maximum absolute atomic E-state index is 11.8. The van der Waals surface area contributed by atoms with Gasteiger partial charge >= 0.3 is 5.97 Å². The van der Waals surface area contributed by atoms with Gasteiger partial charge in [0.2, 0.25) is 0 Å². The molecule has 1 heterocycles. The van der Waals surface area contributed by atoms with Gasteiger partial charge in [-0.3, -0.25) is 9.36 Å². The molecule has 0 unspecified atom stereocenters. The Morgan fingerprint density at radius 2 is 1.79 bits per heavy atom. The van der Waals surface area contributed by atoms with Crippen LogP contribution in [0.5, 0.6) is 0 Å². The van der Waals surface area contributed by atoms with E-state index in [2.05, 4.69) is 0 Å². The molecule has 2 rings (SSSR count). The third-order valence-corrected chi connectivity index (χ3v) is 2.89. The van der Waals surface area contributed by atoms with Crippen LogP contribution in [0.3, 0.4) is 0 Å². The fraction of sp³-hybridized carbons (Fsp3) is 0.200. The molecular formula is C15H15NO3. The highest BCUT2D eigenvalue weighted by Gasteiger charge is 2.10. The van der Waals surface area contributed by atoms with E-state index in [1.807, 2.05) is 32.0 Å². The van der Waals surface area contributed by atoms with Crippen molar-refractivity contribution in [2.24, 2.45) is 0 Å². The normalized spacial score (nSPS) is 10.4. The van der Waals surface area contributed by atoms with Crippen LogP contribution in [0.4, 0.5) is 0 Å². The lowest BCUT2D eigenvalue weighted by Gasteiger charge is -2.10. The number of carboxylic acids is 1. The average molecular weight is 257 g/mol. The highest BCUT2D eigenvalue weighted by atomic mass is 16.4. The van der Waals surface area contributed by atoms with Gasteiger partial charge in [0, 0.05) is 6.07 Å². The standard InChI is InChI=1S/C15H15NO3/c1-10-6-11(2)8-12(7-10)9-16-13(15(18)19)4-3-5-14(16)17/h3-8H,9H2,1-2H3,(H,18,19). The van der Waals surface area contributed by atoms with Crippen LogP contribution in [-0.4, -0.2) is 15.6 Å². The largest absolute Gasteiger partial charge is 0.477 e. The number of aryl methyl sites for hydroxylation is 2. The van der Waals surface area contributed by atoms with Crippen molar-refractivity contribution >= 4 is 5.97 Å². The number of hydrogen-bond acceptors (Lipinski definition) is 2. The van der Waals surface area contributed by atoms with Crippen LogP contribution in [0.15, 0.2) is 41.2 Å². The Labute approximate surface area is 110 Å². The van der Waals surface area contributed by atoms with Crippen molar-refractivity contribution in [3.8, 4) is 0 Å². The summed E-state index contributed by atoms with van der Waals surface area (Å²) in [5.74, 6) is -1.10. The minimum Gasteiger partial charge on any atom is -0.477 e. The lowest BCUT2D eigenvalue weighted by molar-refractivity contribution is 0.0684. The minimum atomic E-state index is -1.10. The fourth-order valence-corrected chi connectivity index (χ4v) is 2.21. The summed E-state index contributed by atoms with van der Waals surface area (Å²) in [7, 11) is 0. The number of benzene rings is 1. The summed E-state index contributed by atoms with van der Waals surface area (Å²) < 4.78 is 1.27. The summed E-state index contributed by atoms with van der Waals surface area (Å²) in [6.07, 6.45) is 0. The lowest BCUT2D eigenvalue weighted by Crippen LogP contribution is -2.25. The number of hydrogen-bond donors (Lipinski definition) is 1. The van der Waals surface area contributed by atoms with Crippen LogP contribution in [0, 0.1) is 13.8 Å². The van der Waals surface area contributed by atoms with Gasteiger partial charge in [0.1, 0.15) is 5.69 Å². The molecule has 0 spiro atoms. The van der Waals surface area contributed by atoms with E-state index in [0.717, 1.165) is 16.7 Å². The van der Waals surface area contributed by atoms with Gasteiger partial charge in [0.05, 0.1) is 6.54 Å². The van der Waals surface area contributed by atoms with Gasteiger partial charge in [0.15, 0.2) is 0 Å². The van der Waals surface area contributed by atoms with Crippen LogP contribution in [0.1, 0.15) is 27.2 Å². The molecule has 0 radical (unpaired) electrons. The summed E-state index contributed by atoms with van der Waals surface area (Å²) in [5, 5.41) is 9.12. The maximum Gasteiger partial charge on any atom is 0.352 e. The van der Waals surface area contributed by atoms with Crippen LogP contribution >= 0.6 is 0 Å². The zero-order chi connectivity index (χ0) is 14.0. The van der Waals surface area contributed by atoms with Crippen LogP contribution < -0.4 is 5.56 Å². The van der Waals surface area contributed by atoms with Crippen molar-refractivity contribution < 1.29 is 9.90 Å². The summed E-state index contributed by atoms with van der Waals surface area (Å²) >= 11 is 0. The van der Waals surface area contributed by atoms with E-state index in [-0.39, 0.29) is 17.8 Å². The van der Waals surface area contributed by atoms with Crippen molar-refractivity contribution in [2.75, 3.05) is 0 Å². The first-order valence-corrected chi connectivity index (χ1v) is 5.97. The second-order valence-electron chi connectivity index (χ2n) is 4.64. The molecule has 98 valence electrons. The quantitative estimate of drug-likeness (QED) is 0.917. The molecule has 2 aromatic rings. The van der Waals surface area contributed by atoms with Crippen LogP contribution in [0.2, 0.25) is 0 Å². The average Bonchev–Trinajstić information content (AvgIpc) is 2.30. The van der Waals surface area contributed by atoms with E-state index in [4.69, 9.17) is 5.11 Å². The molecule has 0 aliphatic heterocycles. The van der Waals surface area contributed by atoms with Crippen molar-refractivity contribution in [3.05, 3.63) is 69.1 Å². The minimum absolute atomic E-state index is 0.00617. The van der Waals surface area contributed by atoms with Gasteiger partial charge in [-0.2, -0.15) is 0 Å². The highest BCUT2D eigenvalue weighted by molar-refractivity contribution is 5.85. The lowest BCUT2D eigenvalue weighted by atomic mass is 10.1. The smallest absolute Gasteiger partial charge is 0.352 e. The van der Waals surface area contributed by atoms with Gasteiger partial charge < -0.3 is 5.11 Å². The number of rotatable bonds is 3. The molecule has 1 aromatic heterocycles. The SMILES string of the molecule is Cc1cc(C)cc(Cn2c(C(=O)O)cccc2=O)c1. The molecule has 1 N–H and O–H groups in total. The number of carboxylic acid groups (broad SMARTS) is 1. The van der Waals surface area contributed by atoms with Gasteiger partial charge in [-0.25, -0.2) is 4.79 Å². The Hall–Kier alpha value is -2.36. The Balaban J connectivity index is 2.49. The molecule has 0 saturated carbocycles. The number of nitrogens with zero attached hydrogens (tertiary/aromatic N) is 1. The first-order chi connectivity index (χ1) is 8.97. The van der Waals surface area contributed by atoms with Crippen molar-refractivity contribution in [3.63, 3.8) is 0 Å². The number of aromatic carboxylic acids is 1. The van der Waals surface area contributed by atoms with Crippen molar-refractivity contribution in [1.29, 1.82) is 0 Å². The number of pyridine rings is 1. The molecular weight excluding hydrogens is 242 g/mol. The zero-order valence-corrected chi connectivity index (χ0v) is 10.9. The molecule has 0 saturated heterocycles. The third kappa shape index (κ3) is 2.91. The highest BCUT2D eigenvalue weighted by Crippen LogP contribution is 2.11. The summed E-state index contributed by atoms with van der Waals surface area (Å²) in [6.45, 7) is 4.22. The monoisotopic (exact) mass is 257 g/mol. The first kappa shape index (κ1) is 13.1.